The molecular formula is C17H21BrN2. The summed E-state index contributed by atoms with van der Waals surface area (Å²) in [6, 6.07) is 12.9. The zero-order chi connectivity index (χ0) is 14.4. The molecule has 1 aromatic carbocycles. The van der Waals surface area contributed by atoms with Crippen LogP contribution < -0.4 is 5.32 Å². The van der Waals surface area contributed by atoms with Crippen LogP contribution in [0.4, 0.5) is 0 Å². The highest BCUT2D eigenvalue weighted by Gasteiger charge is 2.17. The Morgan fingerprint density at radius 2 is 1.90 bits per heavy atom. The van der Waals surface area contributed by atoms with Gasteiger partial charge in [0.15, 0.2) is 0 Å². The fourth-order valence-electron chi connectivity index (χ4n) is 2.22. The number of hydrogen-bond donors (Lipinski definition) is 1. The molecule has 0 bridgehead atoms. The summed E-state index contributed by atoms with van der Waals surface area (Å²) in [5.41, 5.74) is 3.67. The topological polar surface area (TPSA) is 24.9 Å². The predicted octanol–water partition coefficient (Wildman–Crippen LogP) is 4.50. The highest BCUT2D eigenvalue weighted by molar-refractivity contribution is 9.10. The molecule has 1 atom stereocenters. The van der Waals surface area contributed by atoms with Crippen molar-refractivity contribution in [3.05, 3.63) is 63.9 Å². The minimum absolute atomic E-state index is 0.136. The molecule has 106 valence electrons. The highest BCUT2D eigenvalue weighted by atomic mass is 79.9. The van der Waals surface area contributed by atoms with Gasteiger partial charge >= 0.3 is 0 Å². The van der Waals surface area contributed by atoms with Crippen LogP contribution in [-0.4, -0.2) is 11.5 Å². The maximum Gasteiger partial charge on any atom is 0.0762 e. The van der Waals surface area contributed by atoms with Gasteiger partial charge in [0.05, 0.1) is 11.7 Å². The van der Waals surface area contributed by atoms with Gasteiger partial charge < -0.3 is 5.32 Å². The lowest BCUT2D eigenvalue weighted by molar-refractivity contribution is 0.584. The van der Waals surface area contributed by atoms with Crippen molar-refractivity contribution in [1.82, 2.24) is 10.3 Å². The van der Waals surface area contributed by atoms with Crippen LogP contribution >= 0.6 is 15.9 Å². The number of halogens is 1. The zero-order valence-corrected chi connectivity index (χ0v) is 13.7. The number of pyridine rings is 1. The van der Waals surface area contributed by atoms with E-state index in [9.17, 15) is 0 Å². The summed E-state index contributed by atoms with van der Waals surface area (Å²) in [7, 11) is 0. The van der Waals surface area contributed by atoms with Gasteiger partial charge in [-0.05, 0) is 58.6 Å². The third kappa shape index (κ3) is 3.68. The molecule has 1 heterocycles. The van der Waals surface area contributed by atoms with Gasteiger partial charge in [0.2, 0.25) is 0 Å². The Hall–Kier alpha value is -1.19. The molecule has 2 nitrogen and oxygen atoms in total. The maximum atomic E-state index is 4.54. The largest absolute Gasteiger partial charge is 0.305 e. The van der Waals surface area contributed by atoms with Crippen LogP contribution in [0.15, 0.2) is 47.1 Å². The number of nitrogens with zero attached hydrogens (tertiary/aromatic N) is 1. The smallest absolute Gasteiger partial charge is 0.0762 e. The molecule has 0 saturated heterocycles. The van der Waals surface area contributed by atoms with Gasteiger partial charge in [0.1, 0.15) is 0 Å². The summed E-state index contributed by atoms with van der Waals surface area (Å²) in [5.74, 6) is 0. The van der Waals surface area contributed by atoms with Crippen molar-refractivity contribution in [1.29, 1.82) is 0 Å². The van der Waals surface area contributed by atoms with E-state index < -0.39 is 0 Å². The molecule has 3 heteroatoms. The van der Waals surface area contributed by atoms with Gasteiger partial charge in [-0.1, -0.05) is 38.1 Å². The van der Waals surface area contributed by atoms with Gasteiger partial charge in [-0.3, -0.25) is 4.98 Å². The van der Waals surface area contributed by atoms with E-state index in [0.717, 1.165) is 29.6 Å². The standard InChI is InChI=1S/C17H21BrN2/c1-3-11-19-16(17-15(18)6-5-12-20-17)14-9-7-13(4-2)8-10-14/h5-10,12,16,19H,3-4,11H2,1-2H3. The van der Waals surface area contributed by atoms with E-state index in [0.29, 0.717) is 0 Å². The lowest BCUT2D eigenvalue weighted by Crippen LogP contribution is -2.24. The predicted molar refractivity (Wildman–Crippen MR) is 87.9 cm³/mol. The zero-order valence-electron chi connectivity index (χ0n) is 12.1. The second-order valence-electron chi connectivity index (χ2n) is 4.85. The first-order chi connectivity index (χ1) is 9.76. The summed E-state index contributed by atoms with van der Waals surface area (Å²) in [5, 5.41) is 3.59. The second-order valence-corrected chi connectivity index (χ2v) is 5.71. The number of benzene rings is 1. The first kappa shape index (κ1) is 15.2. The Labute approximate surface area is 129 Å². The van der Waals surface area contributed by atoms with E-state index in [2.05, 4.69) is 64.3 Å². The summed E-state index contributed by atoms with van der Waals surface area (Å²) in [4.78, 5) is 4.54. The molecule has 0 aliphatic heterocycles. The van der Waals surface area contributed by atoms with Crippen molar-refractivity contribution >= 4 is 15.9 Å². The average molecular weight is 333 g/mol. The van der Waals surface area contributed by atoms with Gasteiger partial charge in [0.25, 0.3) is 0 Å². The number of hydrogen-bond acceptors (Lipinski definition) is 2. The molecular weight excluding hydrogens is 312 g/mol. The van der Waals surface area contributed by atoms with Crippen LogP contribution in [0.25, 0.3) is 0 Å². The van der Waals surface area contributed by atoms with E-state index in [-0.39, 0.29) is 6.04 Å². The van der Waals surface area contributed by atoms with Gasteiger partial charge in [-0.2, -0.15) is 0 Å². The molecule has 0 spiro atoms. The van der Waals surface area contributed by atoms with Crippen LogP contribution in [0.3, 0.4) is 0 Å². The highest BCUT2D eigenvalue weighted by Crippen LogP contribution is 2.27. The van der Waals surface area contributed by atoms with Crippen LogP contribution in [-0.2, 0) is 6.42 Å². The average Bonchev–Trinajstić information content (AvgIpc) is 2.50. The molecule has 2 rings (SSSR count). The molecule has 1 unspecified atom stereocenters. The van der Waals surface area contributed by atoms with E-state index in [1.165, 1.54) is 11.1 Å². The normalized spacial score (nSPS) is 12.3. The summed E-state index contributed by atoms with van der Waals surface area (Å²) in [6.45, 7) is 5.33. The monoisotopic (exact) mass is 332 g/mol. The van der Waals surface area contributed by atoms with Crippen LogP contribution in [0.2, 0.25) is 0 Å². The lowest BCUT2D eigenvalue weighted by Gasteiger charge is -2.20. The number of nitrogens with one attached hydrogen (secondary N) is 1. The Morgan fingerprint density at radius 1 is 1.15 bits per heavy atom. The summed E-state index contributed by atoms with van der Waals surface area (Å²) >= 11 is 3.61. The minimum atomic E-state index is 0.136. The van der Waals surface area contributed by atoms with E-state index in [4.69, 9.17) is 0 Å². The third-order valence-electron chi connectivity index (χ3n) is 3.38. The molecule has 1 aromatic heterocycles. The fraction of sp³-hybridized carbons (Fsp3) is 0.353. The molecule has 0 amide bonds. The Balaban J connectivity index is 2.33. The van der Waals surface area contributed by atoms with Crippen molar-refractivity contribution in [2.24, 2.45) is 0 Å². The molecule has 0 saturated carbocycles. The van der Waals surface area contributed by atoms with Crippen LogP contribution in [0.5, 0.6) is 0 Å². The Bertz CT molecular complexity index is 537. The molecule has 0 aliphatic carbocycles. The van der Waals surface area contributed by atoms with Crippen molar-refractivity contribution < 1.29 is 0 Å². The van der Waals surface area contributed by atoms with Crippen molar-refractivity contribution in [3.8, 4) is 0 Å². The molecule has 2 aromatic rings. The van der Waals surface area contributed by atoms with Crippen LogP contribution in [0, 0.1) is 0 Å². The fourth-order valence-corrected chi connectivity index (χ4v) is 2.70. The van der Waals surface area contributed by atoms with Crippen molar-refractivity contribution in [2.75, 3.05) is 6.54 Å². The molecule has 0 aliphatic rings. The maximum absolute atomic E-state index is 4.54. The van der Waals surface area contributed by atoms with Crippen molar-refractivity contribution in [2.45, 2.75) is 32.7 Å². The van der Waals surface area contributed by atoms with Crippen molar-refractivity contribution in [3.63, 3.8) is 0 Å². The van der Waals surface area contributed by atoms with E-state index >= 15 is 0 Å². The molecule has 0 fully saturated rings. The lowest BCUT2D eigenvalue weighted by atomic mass is 10.0. The first-order valence-electron chi connectivity index (χ1n) is 7.18. The summed E-state index contributed by atoms with van der Waals surface area (Å²) in [6.07, 6.45) is 4.02. The van der Waals surface area contributed by atoms with Crippen LogP contribution in [0.1, 0.15) is 43.1 Å². The number of aromatic nitrogens is 1. The van der Waals surface area contributed by atoms with Gasteiger partial charge in [-0.25, -0.2) is 0 Å². The van der Waals surface area contributed by atoms with E-state index in [1.807, 2.05) is 18.3 Å². The molecule has 1 N–H and O–H groups in total. The first-order valence-corrected chi connectivity index (χ1v) is 7.98. The van der Waals surface area contributed by atoms with Gasteiger partial charge in [0, 0.05) is 10.7 Å². The quantitative estimate of drug-likeness (QED) is 0.842. The molecule has 0 radical (unpaired) electrons. The number of rotatable bonds is 6. The Morgan fingerprint density at radius 3 is 2.50 bits per heavy atom. The van der Waals surface area contributed by atoms with Gasteiger partial charge in [-0.15, -0.1) is 0 Å². The Kier molecular flexibility index (Phi) is 5.74. The SMILES string of the molecule is CCCNC(c1ccc(CC)cc1)c1ncccc1Br. The molecule has 20 heavy (non-hydrogen) atoms. The number of aryl methyl sites for hydroxylation is 1. The van der Waals surface area contributed by atoms with E-state index in [1.54, 1.807) is 0 Å². The second kappa shape index (κ2) is 7.55. The third-order valence-corrected chi connectivity index (χ3v) is 4.05. The minimum Gasteiger partial charge on any atom is -0.305 e. The summed E-state index contributed by atoms with van der Waals surface area (Å²) < 4.78 is 1.05.